The summed E-state index contributed by atoms with van der Waals surface area (Å²) in [7, 11) is 0. The molecule has 7 heteroatoms. The van der Waals surface area contributed by atoms with Gasteiger partial charge in [0.2, 0.25) is 0 Å². The van der Waals surface area contributed by atoms with Gasteiger partial charge in [-0.05, 0) is 47.3 Å². The lowest BCUT2D eigenvalue weighted by atomic mass is 10.1. The van der Waals surface area contributed by atoms with Crippen LogP contribution in [0, 0.1) is 0 Å². The number of rotatable bonds is 4. The van der Waals surface area contributed by atoms with Gasteiger partial charge in [-0.15, -0.1) is 11.3 Å². The molecule has 3 heterocycles. The van der Waals surface area contributed by atoms with E-state index in [4.69, 9.17) is 0 Å². The van der Waals surface area contributed by atoms with Gasteiger partial charge < -0.3 is 10.2 Å². The van der Waals surface area contributed by atoms with E-state index in [1.54, 1.807) is 6.20 Å². The molecule has 3 rings (SSSR count). The van der Waals surface area contributed by atoms with E-state index in [2.05, 4.69) is 36.1 Å². The van der Waals surface area contributed by atoms with Gasteiger partial charge in [-0.2, -0.15) is 0 Å². The van der Waals surface area contributed by atoms with Crippen LogP contribution in [0.5, 0.6) is 0 Å². The van der Waals surface area contributed by atoms with Crippen LogP contribution in [0.1, 0.15) is 34.8 Å². The van der Waals surface area contributed by atoms with Gasteiger partial charge in [-0.3, -0.25) is 4.79 Å². The van der Waals surface area contributed by atoms with Crippen molar-refractivity contribution < 1.29 is 4.79 Å². The fourth-order valence-electron chi connectivity index (χ4n) is 2.45. The maximum atomic E-state index is 12.0. The number of hydrogen-bond donors (Lipinski definition) is 1. The Hall–Kier alpha value is -1.47. The quantitative estimate of drug-likeness (QED) is 0.884. The number of halogens is 1. The SMILES string of the molecule is O=C(NCc1nccc(N2CCCCC2)n1)c1cc(Br)cs1. The van der Waals surface area contributed by atoms with Crippen molar-refractivity contribution in [2.24, 2.45) is 0 Å². The molecular formula is C15H17BrN4OS. The van der Waals surface area contributed by atoms with E-state index in [9.17, 15) is 4.79 Å². The molecule has 0 spiro atoms. The fraction of sp³-hybridized carbons (Fsp3) is 0.400. The summed E-state index contributed by atoms with van der Waals surface area (Å²) in [6.45, 7) is 2.44. The van der Waals surface area contributed by atoms with Crippen molar-refractivity contribution >= 4 is 39.0 Å². The summed E-state index contributed by atoms with van der Waals surface area (Å²) in [6, 6.07) is 3.75. The van der Waals surface area contributed by atoms with Crippen LogP contribution < -0.4 is 10.2 Å². The minimum atomic E-state index is -0.0947. The molecule has 1 aliphatic heterocycles. The van der Waals surface area contributed by atoms with E-state index in [0.717, 1.165) is 23.4 Å². The highest BCUT2D eigenvalue weighted by Crippen LogP contribution is 2.20. The Kier molecular flexibility index (Phi) is 5.04. The minimum absolute atomic E-state index is 0.0947. The van der Waals surface area contributed by atoms with Crippen LogP contribution in [0.25, 0.3) is 0 Å². The summed E-state index contributed by atoms with van der Waals surface area (Å²) in [5.41, 5.74) is 0. The largest absolute Gasteiger partial charge is 0.357 e. The third-order valence-electron chi connectivity index (χ3n) is 3.57. The fourth-order valence-corrected chi connectivity index (χ4v) is 3.79. The number of anilines is 1. The van der Waals surface area contributed by atoms with Crippen molar-refractivity contribution in [3.63, 3.8) is 0 Å². The van der Waals surface area contributed by atoms with Gasteiger partial charge in [-0.25, -0.2) is 9.97 Å². The summed E-state index contributed by atoms with van der Waals surface area (Å²) >= 11 is 4.76. The van der Waals surface area contributed by atoms with Gasteiger partial charge in [0.15, 0.2) is 0 Å². The van der Waals surface area contributed by atoms with Gasteiger partial charge in [-0.1, -0.05) is 0 Å². The van der Waals surface area contributed by atoms with Crippen LogP contribution in [-0.2, 0) is 6.54 Å². The molecule has 116 valence electrons. The molecule has 2 aromatic heterocycles. The zero-order chi connectivity index (χ0) is 15.4. The molecule has 2 aromatic rings. The van der Waals surface area contributed by atoms with Gasteiger partial charge in [0, 0.05) is 29.1 Å². The first kappa shape index (κ1) is 15.4. The zero-order valence-electron chi connectivity index (χ0n) is 12.1. The van der Waals surface area contributed by atoms with Crippen molar-refractivity contribution in [2.75, 3.05) is 18.0 Å². The standard InChI is InChI=1S/C15H17BrN4OS/c16-11-8-12(22-10-11)15(21)18-9-13-17-5-4-14(19-13)20-6-2-1-3-7-20/h4-5,8,10H,1-3,6-7,9H2,(H,18,21). The van der Waals surface area contributed by atoms with Gasteiger partial charge >= 0.3 is 0 Å². The van der Waals surface area contributed by atoms with Crippen molar-refractivity contribution in [1.82, 2.24) is 15.3 Å². The number of nitrogens with zero attached hydrogens (tertiary/aromatic N) is 3. The number of thiophene rings is 1. The highest BCUT2D eigenvalue weighted by atomic mass is 79.9. The van der Waals surface area contributed by atoms with Crippen molar-refractivity contribution in [1.29, 1.82) is 0 Å². The number of amides is 1. The van der Waals surface area contributed by atoms with Crippen LogP contribution in [-0.4, -0.2) is 29.0 Å². The summed E-state index contributed by atoms with van der Waals surface area (Å²) < 4.78 is 0.922. The smallest absolute Gasteiger partial charge is 0.261 e. The lowest BCUT2D eigenvalue weighted by Gasteiger charge is -2.27. The third kappa shape index (κ3) is 3.84. The summed E-state index contributed by atoms with van der Waals surface area (Å²) in [4.78, 5) is 23.8. The van der Waals surface area contributed by atoms with E-state index in [-0.39, 0.29) is 5.91 Å². The Morgan fingerprint density at radius 2 is 2.18 bits per heavy atom. The molecule has 1 fully saturated rings. The molecule has 1 amide bonds. The van der Waals surface area contributed by atoms with Crippen molar-refractivity contribution in [2.45, 2.75) is 25.8 Å². The van der Waals surface area contributed by atoms with E-state index in [0.29, 0.717) is 17.2 Å². The maximum absolute atomic E-state index is 12.0. The third-order valence-corrected chi connectivity index (χ3v) is 5.26. The van der Waals surface area contributed by atoms with Crippen molar-refractivity contribution in [3.05, 3.63) is 38.9 Å². The van der Waals surface area contributed by atoms with E-state index in [1.807, 2.05) is 17.5 Å². The number of carbonyl (C=O) groups is 1. The molecule has 0 atom stereocenters. The molecule has 22 heavy (non-hydrogen) atoms. The van der Waals surface area contributed by atoms with Crippen LogP contribution in [0.3, 0.4) is 0 Å². The number of aromatic nitrogens is 2. The molecule has 0 aliphatic carbocycles. The lowest BCUT2D eigenvalue weighted by molar-refractivity contribution is 0.0954. The van der Waals surface area contributed by atoms with E-state index < -0.39 is 0 Å². The molecule has 1 aliphatic rings. The molecule has 0 radical (unpaired) electrons. The Morgan fingerprint density at radius 3 is 2.91 bits per heavy atom. The number of nitrogens with one attached hydrogen (secondary N) is 1. The Morgan fingerprint density at radius 1 is 1.36 bits per heavy atom. The monoisotopic (exact) mass is 380 g/mol. The molecule has 0 saturated carbocycles. The summed E-state index contributed by atoms with van der Waals surface area (Å²) in [5.74, 6) is 1.51. The highest BCUT2D eigenvalue weighted by molar-refractivity contribution is 9.10. The Balaban J connectivity index is 1.61. The number of carbonyl (C=O) groups excluding carboxylic acids is 1. The second kappa shape index (κ2) is 7.19. The molecule has 0 aromatic carbocycles. The van der Waals surface area contributed by atoms with Gasteiger partial charge in [0.05, 0.1) is 11.4 Å². The second-order valence-corrected chi connectivity index (χ2v) is 7.02. The number of piperidine rings is 1. The average Bonchev–Trinajstić information content (AvgIpc) is 3.00. The predicted octanol–water partition coefficient (Wildman–Crippen LogP) is 3.22. The average molecular weight is 381 g/mol. The lowest BCUT2D eigenvalue weighted by Crippen LogP contribution is -2.31. The summed E-state index contributed by atoms with van der Waals surface area (Å²) in [6.07, 6.45) is 5.48. The topological polar surface area (TPSA) is 58.1 Å². The predicted molar refractivity (Wildman–Crippen MR) is 91.3 cm³/mol. The van der Waals surface area contributed by atoms with Crippen LogP contribution in [0.2, 0.25) is 0 Å². The normalized spacial score (nSPS) is 14.9. The highest BCUT2D eigenvalue weighted by Gasteiger charge is 2.13. The van der Waals surface area contributed by atoms with Crippen molar-refractivity contribution in [3.8, 4) is 0 Å². The van der Waals surface area contributed by atoms with Gasteiger partial charge in [0.25, 0.3) is 5.91 Å². The Labute approximate surface area is 141 Å². The molecule has 1 N–H and O–H groups in total. The van der Waals surface area contributed by atoms with Crippen LogP contribution in [0.4, 0.5) is 5.82 Å². The minimum Gasteiger partial charge on any atom is -0.357 e. The van der Waals surface area contributed by atoms with Crippen LogP contribution in [0.15, 0.2) is 28.2 Å². The molecule has 0 bridgehead atoms. The first-order chi connectivity index (χ1) is 10.7. The van der Waals surface area contributed by atoms with Gasteiger partial charge in [0.1, 0.15) is 11.6 Å². The maximum Gasteiger partial charge on any atom is 0.261 e. The first-order valence-electron chi connectivity index (χ1n) is 7.31. The molecular weight excluding hydrogens is 364 g/mol. The summed E-state index contributed by atoms with van der Waals surface area (Å²) in [5, 5.41) is 4.76. The molecule has 1 saturated heterocycles. The van der Waals surface area contributed by atoms with E-state index >= 15 is 0 Å². The zero-order valence-corrected chi connectivity index (χ0v) is 14.5. The second-order valence-electron chi connectivity index (χ2n) is 5.19. The first-order valence-corrected chi connectivity index (χ1v) is 8.99. The number of hydrogen-bond acceptors (Lipinski definition) is 5. The van der Waals surface area contributed by atoms with E-state index in [1.165, 1.54) is 30.6 Å². The molecule has 5 nitrogen and oxygen atoms in total. The van der Waals surface area contributed by atoms with Crippen LogP contribution >= 0.6 is 27.3 Å². The molecule has 0 unspecified atom stereocenters. The Bertz CT molecular complexity index is 654.